The van der Waals surface area contributed by atoms with Gasteiger partial charge >= 0.3 is 5.97 Å². The first-order valence-corrected chi connectivity index (χ1v) is 8.27. The predicted octanol–water partition coefficient (Wildman–Crippen LogP) is 4.94. The van der Waals surface area contributed by atoms with Crippen LogP contribution in [-0.4, -0.2) is 12.6 Å². The molecule has 0 saturated carbocycles. The largest absolute Gasteiger partial charge is 0.493 e. The molecule has 0 spiro atoms. The number of benzene rings is 2. The molecule has 0 bridgehead atoms. The van der Waals surface area contributed by atoms with Gasteiger partial charge in [-0.15, -0.1) is 0 Å². The third kappa shape index (κ3) is 4.65. The molecule has 2 aromatic carbocycles. The Bertz CT molecular complexity index is 713. The number of esters is 1. The average molecular weight is 349 g/mol. The Morgan fingerprint density at radius 1 is 1.08 bits per heavy atom. The lowest BCUT2D eigenvalue weighted by molar-refractivity contribution is -0.134. The first kappa shape index (κ1) is 18.1. The number of halogens is 1. The van der Waals surface area contributed by atoms with E-state index < -0.39 is 0 Å². The highest BCUT2D eigenvalue weighted by molar-refractivity contribution is 6.31. The van der Waals surface area contributed by atoms with E-state index in [1.54, 1.807) is 25.1 Å². The van der Waals surface area contributed by atoms with Crippen LogP contribution in [0.4, 0.5) is 0 Å². The van der Waals surface area contributed by atoms with Crippen LogP contribution in [0.3, 0.4) is 0 Å². The second-order valence-corrected chi connectivity index (χ2v) is 5.60. The molecule has 128 valence electrons. The Morgan fingerprint density at radius 3 is 2.50 bits per heavy atom. The smallest absolute Gasteiger partial charge is 0.310 e. The van der Waals surface area contributed by atoms with E-state index >= 15 is 0 Å². The monoisotopic (exact) mass is 348 g/mol. The number of hydrogen-bond donors (Lipinski definition) is 0. The van der Waals surface area contributed by atoms with E-state index in [4.69, 9.17) is 25.8 Å². The summed E-state index contributed by atoms with van der Waals surface area (Å²) in [6.07, 6.45) is 0.298. The zero-order valence-corrected chi connectivity index (χ0v) is 14.9. The van der Waals surface area contributed by atoms with E-state index in [1.807, 2.05) is 32.0 Å². The normalized spacial score (nSPS) is 10.3. The van der Waals surface area contributed by atoms with Crippen LogP contribution in [0.25, 0.3) is 0 Å². The summed E-state index contributed by atoms with van der Waals surface area (Å²) in [4.78, 5) is 11.6. The maximum absolute atomic E-state index is 11.6. The highest BCUT2D eigenvalue weighted by Gasteiger charge is 2.14. The van der Waals surface area contributed by atoms with E-state index in [9.17, 15) is 4.79 Å². The molecule has 0 aliphatic rings. The molecule has 0 atom stereocenters. The van der Waals surface area contributed by atoms with Crippen molar-refractivity contribution in [3.63, 3.8) is 0 Å². The van der Waals surface area contributed by atoms with E-state index in [1.165, 1.54) is 0 Å². The molecular formula is C19H21ClO4. The Labute approximate surface area is 147 Å². The minimum absolute atomic E-state index is 0.210. The lowest BCUT2D eigenvalue weighted by Crippen LogP contribution is -2.10. The van der Waals surface area contributed by atoms with Gasteiger partial charge in [-0.3, -0.25) is 4.79 Å². The fraction of sp³-hybridized carbons (Fsp3) is 0.316. The van der Waals surface area contributed by atoms with Crippen molar-refractivity contribution in [3.05, 3.63) is 52.5 Å². The van der Waals surface area contributed by atoms with Crippen molar-refractivity contribution in [2.75, 3.05) is 6.61 Å². The van der Waals surface area contributed by atoms with Gasteiger partial charge in [0.25, 0.3) is 0 Å². The Balaban J connectivity index is 2.24. The summed E-state index contributed by atoms with van der Waals surface area (Å²) in [5.74, 6) is 1.43. The quantitative estimate of drug-likeness (QED) is 0.525. The van der Waals surface area contributed by atoms with Crippen LogP contribution in [-0.2, 0) is 11.4 Å². The van der Waals surface area contributed by atoms with Crippen molar-refractivity contribution in [2.45, 2.75) is 33.8 Å². The molecule has 2 rings (SSSR count). The molecule has 24 heavy (non-hydrogen) atoms. The van der Waals surface area contributed by atoms with E-state index in [0.29, 0.717) is 40.9 Å². The molecule has 2 aromatic rings. The fourth-order valence-electron chi connectivity index (χ4n) is 2.09. The van der Waals surface area contributed by atoms with Crippen molar-refractivity contribution in [1.82, 2.24) is 0 Å². The number of rotatable bonds is 7. The van der Waals surface area contributed by atoms with Gasteiger partial charge in [0.1, 0.15) is 23.9 Å². The maximum atomic E-state index is 11.6. The number of aryl methyl sites for hydroxylation is 1. The van der Waals surface area contributed by atoms with Gasteiger partial charge in [-0.25, -0.2) is 0 Å². The molecule has 0 amide bonds. The minimum Gasteiger partial charge on any atom is -0.493 e. The van der Waals surface area contributed by atoms with Crippen LogP contribution in [0.2, 0.25) is 5.02 Å². The molecule has 0 radical (unpaired) electrons. The van der Waals surface area contributed by atoms with Crippen molar-refractivity contribution in [1.29, 1.82) is 0 Å². The van der Waals surface area contributed by atoms with Crippen LogP contribution in [0.1, 0.15) is 31.4 Å². The van der Waals surface area contributed by atoms with Gasteiger partial charge in [0.2, 0.25) is 0 Å². The lowest BCUT2D eigenvalue weighted by atomic mass is 10.2. The molecule has 0 aliphatic heterocycles. The first-order chi connectivity index (χ1) is 11.5. The number of hydrogen-bond acceptors (Lipinski definition) is 4. The van der Waals surface area contributed by atoms with Gasteiger partial charge in [-0.05, 0) is 43.7 Å². The van der Waals surface area contributed by atoms with Gasteiger partial charge in [-0.1, -0.05) is 30.7 Å². The van der Waals surface area contributed by atoms with Crippen LogP contribution >= 0.6 is 11.6 Å². The van der Waals surface area contributed by atoms with Crippen LogP contribution in [0, 0.1) is 6.92 Å². The summed E-state index contributed by atoms with van der Waals surface area (Å²) in [6.45, 7) is 6.30. The molecule has 0 aliphatic carbocycles. The zero-order chi connectivity index (χ0) is 17.5. The van der Waals surface area contributed by atoms with Crippen LogP contribution in [0.15, 0.2) is 36.4 Å². The molecule has 0 saturated heterocycles. The second-order valence-electron chi connectivity index (χ2n) is 5.19. The van der Waals surface area contributed by atoms with Crippen molar-refractivity contribution in [2.24, 2.45) is 0 Å². The van der Waals surface area contributed by atoms with Gasteiger partial charge < -0.3 is 14.2 Å². The Kier molecular flexibility index (Phi) is 6.50. The Morgan fingerprint density at radius 2 is 1.83 bits per heavy atom. The zero-order valence-electron chi connectivity index (χ0n) is 14.1. The summed E-state index contributed by atoms with van der Waals surface area (Å²) in [5.41, 5.74) is 1.68. The summed E-state index contributed by atoms with van der Waals surface area (Å²) < 4.78 is 16.8. The number of carbonyl (C=O) groups is 1. The molecular weight excluding hydrogens is 328 g/mol. The van der Waals surface area contributed by atoms with E-state index in [2.05, 4.69) is 0 Å². The van der Waals surface area contributed by atoms with Crippen LogP contribution in [0.5, 0.6) is 17.2 Å². The standard InChI is InChI=1S/C19H21ClO4/c1-4-19(21)24-18-8-6-7-17(22-5-2)15(18)12-23-14-10-9-13(3)16(20)11-14/h6-11H,4-5,12H2,1-3H3. The molecule has 0 aromatic heterocycles. The number of ether oxygens (including phenoxy) is 3. The molecule has 0 unspecified atom stereocenters. The van der Waals surface area contributed by atoms with Crippen molar-refractivity contribution in [3.8, 4) is 17.2 Å². The van der Waals surface area contributed by atoms with Crippen molar-refractivity contribution >= 4 is 17.6 Å². The predicted molar refractivity (Wildman–Crippen MR) is 94.1 cm³/mol. The minimum atomic E-state index is -0.303. The Hall–Kier alpha value is -2.20. The van der Waals surface area contributed by atoms with Crippen LogP contribution < -0.4 is 14.2 Å². The van der Waals surface area contributed by atoms with Gasteiger partial charge in [0.05, 0.1) is 12.2 Å². The topological polar surface area (TPSA) is 44.8 Å². The summed E-state index contributed by atoms with van der Waals surface area (Å²) in [7, 11) is 0. The molecule has 0 fully saturated rings. The highest BCUT2D eigenvalue weighted by Crippen LogP contribution is 2.31. The van der Waals surface area contributed by atoms with E-state index in [-0.39, 0.29) is 12.6 Å². The highest BCUT2D eigenvalue weighted by atomic mass is 35.5. The third-order valence-corrected chi connectivity index (χ3v) is 3.84. The summed E-state index contributed by atoms with van der Waals surface area (Å²) in [5, 5.41) is 0.642. The fourth-order valence-corrected chi connectivity index (χ4v) is 2.26. The molecule has 0 N–H and O–H groups in total. The summed E-state index contributed by atoms with van der Waals surface area (Å²) in [6, 6.07) is 10.9. The lowest BCUT2D eigenvalue weighted by Gasteiger charge is -2.15. The molecule has 4 nitrogen and oxygen atoms in total. The van der Waals surface area contributed by atoms with E-state index in [0.717, 1.165) is 5.56 Å². The molecule has 0 heterocycles. The third-order valence-electron chi connectivity index (χ3n) is 3.43. The first-order valence-electron chi connectivity index (χ1n) is 7.89. The second kappa shape index (κ2) is 8.60. The molecule has 5 heteroatoms. The van der Waals surface area contributed by atoms with Gasteiger partial charge in [-0.2, -0.15) is 0 Å². The average Bonchev–Trinajstić information content (AvgIpc) is 2.57. The van der Waals surface area contributed by atoms with Gasteiger partial charge in [0, 0.05) is 11.4 Å². The summed E-state index contributed by atoms with van der Waals surface area (Å²) >= 11 is 6.12. The SMILES string of the molecule is CCOc1cccc(OC(=O)CC)c1COc1ccc(C)c(Cl)c1. The number of carbonyl (C=O) groups excluding carboxylic acids is 1. The van der Waals surface area contributed by atoms with Crippen molar-refractivity contribution < 1.29 is 19.0 Å². The van der Waals surface area contributed by atoms with Gasteiger partial charge in [0.15, 0.2) is 0 Å². The maximum Gasteiger partial charge on any atom is 0.310 e.